The molecule has 0 aliphatic carbocycles. The summed E-state index contributed by atoms with van der Waals surface area (Å²) in [7, 11) is 0. The number of para-hydroxylation sites is 1. The average Bonchev–Trinajstić information content (AvgIpc) is 2.82. The van der Waals surface area contributed by atoms with Crippen LogP contribution in [0.2, 0.25) is 0 Å². The van der Waals surface area contributed by atoms with Crippen LogP contribution in [-0.2, 0) is 0 Å². The number of benzene rings is 1. The molecule has 88 valence electrons. The third kappa shape index (κ3) is 2.04. The molecule has 0 N–H and O–H groups in total. The van der Waals surface area contributed by atoms with Gasteiger partial charge < -0.3 is 4.74 Å². The van der Waals surface area contributed by atoms with Crippen molar-refractivity contribution in [2.24, 2.45) is 0 Å². The Labute approximate surface area is 103 Å². The zero-order chi connectivity index (χ0) is 10.1. The minimum Gasteiger partial charge on any atom is -0.493 e. The van der Waals surface area contributed by atoms with E-state index in [4.69, 9.17) is 4.74 Å². The molecule has 3 heteroatoms. The molecule has 0 bridgehead atoms. The zero-order valence-electron chi connectivity index (χ0n) is 9.39. The van der Waals surface area contributed by atoms with Crippen LogP contribution in [0.5, 0.6) is 5.75 Å². The van der Waals surface area contributed by atoms with Crippen molar-refractivity contribution in [3.8, 4) is 5.75 Å². The second-order valence-electron chi connectivity index (χ2n) is 4.43. The molecular weight excluding hydrogens is 222 g/mol. The highest BCUT2D eigenvalue weighted by Crippen LogP contribution is 2.37. The van der Waals surface area contributed by atoms with Crippen molar-refractivity contribution < 1.29 is 4.74 Å². The van der Waals surface area contributed by atoms with Gasteiger partial charge in [0, 0.05) is 18.0 Å². The fourth-order valence-electron chi connectivity index (χ4n) is 2.76. The zero-order valence-corrected chi connectivity index (χ0v) is 10.2. The Bertz CT molecular complexity index is 350. The number of nitrogens with zero attached hydrogens (tertiary/aromatic N) is 1. The number of fused-ring (bicyclic) bond motifs is 1. The van der Waals surface area contributed by atoms with Crippen LogP contribution in [0.25, 0.3) is 0 Å². The van der Waals surface area contributed by atoms with Crippen molar-refractivity contribution in [1.29, 1.82) is 0 Å². The Kier molecular flexibility index (Phi) is 3.72. The molecule has 1 fully saturated rings. The van der Waals surface area contributed by atoms with Gasteiger partial charge in [0.05, 0.1) is 6.61 Å². The maximum atomic E-state index is 5.69. The number of hydrogen-bond donors (Lipinski definition) is 0. The SMILES string of the molecule is Cl.c1ccc2c(c1)OCCC2N1CCCC1. The van der Waals surface area contributed by atoms with Crippen molar-refractivity contribution >= 4 is 12.4 Å². The number of halogens is 1. The summed E-state index contributed by atoms with van der Waals surface area (Å²) < 4.78 is 5.69. The van der Waals surface area contributed by atoms with Crippen LogP contribution in [-0.4, -0.2) is 24.6 Å². The molecule has 0 amide bonds. The highest BCUT2D eigenvalue weighted by molar-refractivity contribution is 5.85. The molecule has 2 aliphatic heterocycles. The van der Waals surface area contributed by atoms with E-state index in [1.165, 1.54) is 31.5 Å². The Morgan fingerprint density at radius 1 is 1.12 bits per heavy atom. The van der Waals surface area contributed by atoms with E-state index < -0.39 is 0 Å². The molecule has 0 aromatic heterocycles. The van der Waals surface area contributed by atoms with Gasteiger partial charge in [0.15, 0.2) is 0 Å². The van der Waals surface area contributed by atoms with E-state index >= 15 is 0 Å². The molecule has 1 aromatic rings. The summed E-state index contributed by atoms with van der Waals surface area (Å²) in [5, 5.41) is 0. The minimum atomic E-state index is 0. The summed E-state index contributed by atoms with van der Waals surface area (Å²) >= 11 is 0. The largest absolute Gasteiger partial charge is 0.493 e. The number of hydrogen-bond acceptors (Lipinski definition) is 2. The van der Waals surface area contributed by atoms with Gasteiger partial charge in [0.25, 0.3) is 0 Å². The molecule has 3 rings (SSSR count). The van der Waals surface area contributed by atoms with Crippen LogP contribution in [0.4, 0.5) is 0 Å². The van der Waals surface area contributed by atoms with E-state index in [9.17, 15) is 0 Å². The van der Waals surface area contributed by atoms with E-state index in [1.807, 2.05) is 0 Å². The smallest absolute Gasteiger partial charge is 0.124 e. The molecule has 0 radical (unpaired) electrons. The van der Waals surface area contributed by atoms with Crippen molar-refractivity contribution in [3.63, 3.8) is 0 Å². The third-order valence-electron chi connectivity index (χ3n) is 3.51. The lowest BCUT2D eigenvalue weighted by atomic mass is 9.99. The predicted octanol–water partition coefficient (Wildman–Crippen LogP) is 3.03. The third-order valence-corrected chi connectivity index (χ3v) is 3.51. The number of likely N-dealkylation sites (tertiary alicyclic amines) is 1. The maximum Gasteiger partial charge on any atom is 0.124 e. The fraction of sp³-hybridized carbons (Fsp3) is 0.538. The Morgan fingerprint density at radius 3 is 2.69 bits per heavy atom. The van der Waals surface area contributed by atoms with Gasteiger partial charge in [-0.3, -0.25) is 4.90 Å². The van der Waals surface area contributed by atoms with Crippen LogP contribution in [0.3, 0.4) is 0 Å². The normalized spacial score (nSPS) is 24.4. The molecule has 1 unspecified atom stereocenters. The number of ether oxygens (including phenoxy) is 1. The van der Waals surface area contributed by atoms with E-state index in [0.29, 0.717) is 6.04 Å². The summed E-state index contributed by atoms with van der Waals surface area (Å²) in [4.78, 5) is 2.61. The van der Waals surface area contributed by atoms with Crippen LogP contribution in [0.15, 0.2) is 24.3 Å². The summed E-state index contributed by atoms with van der Waals surface area (Å²) in [6, 6.07) is 9.11. The second-order valence-corrected chi connectivity index (χ2v) is 4.43. The first-order chi connectivity index (χ1) is 7.45. The highest BCUT2D eigenvalue weighted by Gasteiger charge is 2.28. The van der Waals surface area contributed by atoms with E-state index in [1.54, 1.807) is 0 Å². The van der Waals surface area contributed by atoms with Crippen LogP contribution >= 0.6 is 12.4 Å². The monoisotopic (exact) mass is 239 g/mol. The molecular formula is C13H18ClNO. The van der Waals surface area contributed by atoms with E-state index in [2.05, 4.69) is 29.2 Å². The molecule has 2 heterocycles. The van der Waals surface area contributed by atoms with Crippen molar-refractivity contribution in [1.82, 2.24) is 4.90 Å². The molecule has 0 saturated carbocycles. The highest BCUT2D eigenvalue weighted by atomic mass is 35.5. The van der Waals surface area contributed by atoms with Gasteiger partial charge in [-0.1, -0.05) is 18.2 Å². The lowest BCUT2D eigenvalue weighted by Crippen LogP contribution is -2.30. The Hall–Kier alpha value is -0.730. The number of rotatable bonds is 1. The van der Waals surface area contributed by atoms with Gasteiger partial charge in [0.2, 0.25) is 0 Å². The van der Waals surface area contributed by atoms with Crippen LogP contribution in [0, 0.1) is 0 Å². The predicted molar refractivity (Wildman–Crippen MR) is 67.4 cm³/mol. The summed E-state index contributed by atoms with van der Waals surface area (Å²) in [6.07, 6.45) is 3.87. The first kappa shape index (κ1) is 11.7. The molecule has 1 atom stereocenters. The lowest BCUT2D eigenvalue weighted by molar-refractivity contribution is 0.165. The van der Waals surface area contributed by atoms with Crippen LogP contribution < -0.4 is 4.74 Å². The minimum absolute atomic E-state index is 0. The summed E-state index contributed by atoms with van der Waals surface area (Å²) in [5.41, 5.74) is 1.39. The first-order valence-corrected chi connectivity index (χ1v) is 5.91. The van der Waals surface area contributed by atoms with Gasteiger partial charge in [-0.15, -0.1) is 12.4 Å². The van der Waals surface area contributed by atoms with Crippen LogP contribution in [0.1, 0.15) is 30.9 Å². The maximum absolute atomic E-state index is 5.69. The fourth-order valence-corrected chi connectivity index (χ4v) is 2.76. The standard InChI is InChI=1S/C13H17NO.ClH/c1-2-6-13-11(5-1)12(7-10-15-13)14-8-3-4-9-14;/h1-2,5-6,12H,3-4,7-10H2;1H. The van der Waals surface area contributed by atoms with Gasteiger partial charge in [-0.05, 0) is 32.0 Å². The van der Waals surface area contributed by atoms with Gasteiger partial charge in [0.1, 0.15) is 5.75 Å². The molecule has 16 heavy (non-hydrogen) atoms. The first-order valence-electron chi connectivity index (χ1n) is 5.91. The quantitative estimate of drug-likeness (QED) is 0.747. The van der Waals surface area contributed by atoms with Gasteiger partial charge in [-0.2, -0.15) is 0 Å². The van der Waals surface area contributed by atoms with Crippen molar-refractivity contribution in [3.05, 3.63) is 29.8 Å². The van der Waals surface area contributed by atoms with E-state index in [-0.39, 0.29) is 12.4 Å². The summed E-state index contributed by atoms with van der Waals surface area (Å²) in [6.45, 7) is 3.40. The second kappa shape index (κ2) is 5.07. The van der Waals surface area contributed by atoms with Gasteiger partial charge in [-0.25, -0.2) is 0 Å². The lowest BCUT2D eigenvalue weighted by Gasteiger charge is -2.32. The molecule has 2 aliphatic rings. The van der Waals surface area contributed by atoms with Crippen molar-refractivity contribution in [2.75, 3.05) is 19.7 Å². The van der Waals surface area contributed by atoms with Crippen molar-refractivity contribution in [2.45, 2.75) is 25.3 Å². The topological polar surface area (TPSA) is 12.5 Å². The molecule has 1 aromatic carbocycles. The Balaban J connectivity index is 0.000000963. The Morgan fingerprint density at radius 2 is 1.88 bits per heavy atom. The van der Waals surface area contributed by atoms with E-state index in [0.717, 1.165) is 18.8 Å². The molecule has 1 saturated heterocycles. The van der Waals surface area contributed by atoms with Gasteiger partial charge >= 0.3 is 0 Å². The molecule has 2 nitrogen and oxygen atoms in total. The molecule has 0 spiro atoms. The average molecular weight is 240 g/mol. The summed E-state index contributed by atoms with van der Waals surface area (Å²) in [5.74, 6) is 1.10.